The summed E-state index contributed by atoms with van der Waals surface area (Å²) in [5.74, 6) is 0.963. The summed E-state index contributed by atoms with van der Waals surface area (Å²) in [7, 11) is 0. The maximum Gasteiger partial charge on any atom is 0.237 e. The summed E-state index contributed by atoms with van der Waals surface area (Å²) in [5.41, 5.74) is 0.844. The van der Waals surface area contributed by atoms with E-state index in [2.05, 4.69) is 22.3 Å². The van der Waals surface area contributed by atoms with Crippen molar-refractivity contribution in [2.75, 3.05) is 13.1 Å². The first-order valence-electron chi connectivity index (χ1n) is 7.40. The van der Waals surface area contributed by atoms with Crippen LogP contribution in [0.25, 0.3) is 0 Å². The van der Waals surface area contributed by atoms with Crippen LogP contribution in [-0.4, -0.2) is 40.9 Å². The predicted octanol–water partition coefficient (Wildman–Crippen LogP) is 1.85. The van der Waals surface area contributed by atoms with Gasteiger partial charge in [0.15, 0.2) is 0 Å². The van der Waals surface area contributed by atoms with Gasteiger partial charge in [0.2, 0.25) is 5.91 Å². The molecule has 116 valence electrons. The highest BCUT2D eigenvalue weighted by molar-refractivity contribution is 5.88. The maximum atomic E-state index is 12.2. The zero-order valence-corrected chi connectivity index (χ0v) is 12.6. The number of amides is 1. The van der Waals surface area contributed by atoms with Crippen LogP contribution < -0.4 is 5.32 Å². The van der Waals surface area contributed by atoms with E-state index in [0.717, 1.165) is 31.0 Å². The summed E-state index contributed by atoms with van der Waals surface area (Å²) in [6.07, 6.45) is 3.22. The molecule has 0 aliphatic carbocycles. The summed E-state index contributed by atoms with van der Waals surface area (Å²) in [6, 6.07) is 3.44. The molecule has 2 N–H and O–H groups in total. The standard InChI is InChI=1S/C15H23N3O3/c1-3-12-10-18(7-6-14(12)17-20)11(2)15(19)16-9-13-5-4-8-21-13/h4-5,8,11-12,20H,3,6-7,9-10H2,1-2H3,(H,16,19)/b17-14+. The lowest BCUT2D eigenvalue weighted by Crippen LogP contribution is -2.51. The second-order valence-electron chi connectivity index (χ2n) is 5.41. The van der Waals surface area contributed by atoms with E-state index in [1.165, 1.54) is 0 Å². The van der Waals surface area contributed by atoms with Crippen LogP contribution in [0.15, 0.2) is 28.0 Å². The maximum absolute atomic E-state index is 12.2. The molecule has 1 fully saturated rings. The van der Waals surface area contributed by atoms with Crippen LogP contribution in [-0.2, 0) is 11.3 Å². The van der Waals surface area contributed by atoms with Crippen molar-refractivity contribution in [3.05, 3.63) is 24.2 Å². The first-order valence-corrected chi connectivity index (χ1v) is 7.40. The molecule has 6 nitrogen and oxygen atoms in total. The summed E-state index contributed by atoms with van der Waals surface area (Å²) in [5, 5.41) is 15.3. The van der Waals surface area contributed by atoms with Gasteiger partial charge in [-0.15, -0.1) is 0 Å². The third-order valence-electron chi connectivity index (χ3n) is 4.15. The average molecular weight is 293 g/mol. The lowest BCUT2D eigenvalue weighted by Gasteiger charge is -2.36. The van der Waals surface area contributed by atoms with E-state index in [9.17, 15) is 4.79 Å². The van der Waals surface area contributed by atoms with Crippen molar-refractivity contribution in [2.45, 2.75) is 39.3 Å². The zero-order valence-electron chi connectivity index (χ0n) is 12.6. The molecule has 21 heavy (non-hydrogen) atoms. The Balaban J connectivity index is 1.87. The van der Waals surface area contributed by atoms with E-state index in [4.69, 9.17) is 9.62 Å². The van der Waals surface area contributed by atoms with Crippen LogP contribution in [0.1, 0.15) is 32.4 Å². The Hall–Kier alpha value is -1.82. The van der Waals surface area contributed by atoms with Gasteiger partial charge in [-0.3, -0.25) is 9.69 Å². The van der Waals surface area contributed by atoms with Crippen molar-refractivity contribution in [1.82, 2.24) is 10.2 Å². The van der Waals surface area contributed by atoms with Crippen molar-refractivity contribution < 1.29 is 14.4 Å². The van der Waals surface area contributed by atoms with Gasteiger partial charge in [0.1, 0.15) is 5.76 Å². The summed E-state index contributed by atoms with van der Waals surface area (Å²) < 4.78 is 5.20. The molecule has 1 aliphatic rings. The topological polar surface area (TPSA) is 78.1 Å². The fraction of sp³-hybridized carbons (Fsp3) is 0.600. The van der Waals surface area contributed by atoms with E-state index < -0.39 is 0 Å². The highest BCUT2D eigenvalue weighted by Gasteiger charge is 2.30. The average Bonchev–Trinajstić information content (AvgIpc) is 3.04. The van der Waals surface area contributed by atoms with E-state index in [-0.39, 0.29) is 17.9 Å². The van der Waals surface area contributed by atoms with Crippen LogP contribution in [0.2, 0.25) is 0 Å². The molecular weight excluding hydrogens is 270 g/mol. The molecule has 1 amide bonds. The third-order valence-corrected chi connectivity index (χ3v) is 4.15. The molecule has 6 heteroatoms. The molecule has 0 saturated carbocycles. The number of nitrogens with zero attached hydrogens (tertiary/aromatic N) is 2. The van der Waals surface area contributed by atoms with Crippen molar-refractivity contribution in [2.24, 2.45) is 11.1 Å². The van der Waals surface area contributed by atoms with E-state index in [1.54, 1.807) is 12.3 Å². The van der Waals surface area contributed by atoms with E-state index in [1.807, 2.05) is 13.0 Å². The minimum Gasteiger partial charge on any atom is -0.467 e. The smallest absolute Gasteiger partial charge is 0.237 e. The molecule has 2 unspecified atom stereocenters. The third kappa shape index (κ3) is 3.85. The highest BCUT2D eigenvalue weighted by atomic mass is 16.4. The highest BCUT2D eigenvalue weighted by Crippen LogP contribution is 2.19. The molecule has 1 aliphatic heterocycles. The second kappa shape index (κ2) is 7.26. The number of piperidine rings is 1. The van der Waals surface area contributed by atoms with Gasteiger partial charge in [0, 0.05) is 25.4 Å². The Morgan fingerprint density at radius 2 is 2.48 bits per heavy atom. The second-order valence-corrected chi connectivity index (χ2v) is 5.41. The Morgan fingerprint density at radius 3 is 3.10 bits per heavy atom. The summed E-state index contributed by atoms with van der Waals surface area (Å²) in [4.78, 5) is 14.3. The fourth-order valence-electron chi connectivity index (χ4n) is 2.69. The molecule has 0 spiro atoms. The van der Waals surface area contributed by atoms with E-state index >= 15 is 0 Å². The lowest BCUT2D eigenvalue weighted by atomic mass is 9.92. The SMILES string of the molecule is CCC1CN(C(C)C(=O)NCc2ccco2)CC/C1=N\O. The predicted molar refractivity (Wildman–Crippen MR) is 79.2 cm³/mol. The van der Waals surface area contributed by atoms with Gasteiger partial charge in [-0.25, -0.2) is 0 Å². The van der Waals surface area contributed by atoms with Gasteiger partial charge in [0.05, 0.1) is 24.6 Å². The first-order chi connectivity index (χ1) is 10.2. The first kappa shape index (κ1) is 15.6. The fourth-order valence-corrected chi connectivity index (χ4v) is 2.69. The van der Waals surface area contributed by atoms with Crippen molar-refractivity contribution in [3.8, 4) is 0 Å². The number of carbonyl (C=O) groups is 1. The molecule has 1 aromatic rings. The zero-order chi connectivity index (χ0) is 15.2. The Labute approximate surface area is 124 Å². The number of carbonyl (C=O) groups excluding carboxylic acids is 1. The van der Waals surface area contributed by atoms with Crippen LogP contribution in [0.5, 0.6) is 0 Å². The molecule has 1 aromatic heterocycles. The van der Waals surface area contributed by atoms with Crippen molar-refractivity contribution >= 4 is 11.6 Å². The molecule has 2 rings (SSSR count). The van der Waals surface area contributed by atoms with Gasteiger partial charge >= 0.3 is 0 Å². The van der Waals surface area contributed by atoms with Crippen molar-refractivity contribution in [3.63, 3.8) is 0 Å². The molecular formula is C15H23N3O3. The molecule has 0 aromatic carbocycles. The molecule has 2 heterocycles. The van der Waals surface area contributed by atoms with Gasteiger partial charge in [-0.05, 0) is 25.5 Å². The normalized spacial score (nSPS) is 23.1. The molecule has 0 bridgehead atoms. The number of hydrogen-bond acceptors (Lipinski definition) is 5. The quantitative estimate of drug-likeness (QED) is 0.641. The monoisotopic (exact) mass is 293 g/mol. The number of hydrogen-bond donors (Lipinski definition) is 2. The minimum absolute atomic E-state index is 0.00867. The van der Waals surface area contributed by atoms with Crippen molar-refractivity contribution in [1.29, 1.82) is 0 Å². The summed E-state index contributed by atoms with van der Waals surface area (Å²) >= 11 is 0. The lowest BCUT2D eigenvalue weighted by molar-refractivity contribution is -0.126. The van der Waals surface area contributed by atoms with Crippen LogP contribution >= 0.6 is 0 Å². The minimum atomic E-state index is -0.200. The summed E-state index contributed by atoms with van der Waals surface area (Å²) in [6.45, 7) is 5.88. The van der Waals surface area contributed by atoms with Gasteiger partial charge in [-0.1, -0.05) is 12.1 Å². The molecule has 2 atom stereocenters. The number of likely N-dealkylation sites (tertiary alicyclic amines) is 1. The molecule has 0 radical (unpaired) electrons. The largest absolute Gasteiger partial charge is 0.467 e. The van der Waals surface area contributed by atoms with Crippen LogP contribution in [0.4, 0.5) is 0 Å². The number of furan rings is 1. The Morgan fingerprint density at radius 1 is 1.67 bits per heavy atom. The number of rotatable bonds is 5. The Bertz CT molecular complexity index is 484. The Kier molecular flexibility index (Phi) is 5.38. The molecule has 1 saturated heterocycles. The number of nitrogens with one attached hydrogen (secondary N) is 1. The van der Waals surface area contributed by atoms with Gasteiger partial charge < -0.3 is 14.9 Å². The van der Waals surface area contributed by atoms with Crippen LogP contribution in [0, 0.1) is 5.92 Å². The van der Waals surface area contributed by atoms with Gasteiger partial charge in [0.25, 0.3) is 0 Å². The number of oxime groups is 1. The van der Waals surface area contributed by atoms with Gasteiger partial charge in [-0.2, -0.15) is 0 Å². The van der Waals surface area contributed by atoms with Crippen LogP contribution in [0.3, 0.4) is 0 Å². The van der Waals surface area contributed by atoms with E-state index in [0.29, 0.717) is 13.0 Å².